The molecule has 4 amide bonds. The number of anilines is 2. The van der Waals surface area contributed by atoms with E-state index in [4.69, 9.17) is 29.2 Å². The quantitative estimate of drug-likeness (QED) is 0.0962. The van der Waals surface area contributed by atoms with Crippen LogP contribution >= 0.6 is 0 Å². The first-order valence-electron chi connectivity index (χ1n) is 27.5. The molecule has 5 aromatic rings. The number of aliphatic hydroxyl groups is 1. The van der Waals surface area contributed by atoms with E-state index < -0.39 is 29.2 Å². The largest absolute Gasteiger partial charge is 0.468 e. The fourth-order valence-electron chi connectivity index (χ4n) is 12.8. The van der Waals surface area contributed by atoms with E-state index in [1.807, 2.05) is 41.0 Å². The molecule has 404 valence electrons. The number of likely N-dealkylation sites (tertiary alicyclic amines) is 1. The fourth-order valence-corrected chi connectivity index (χ4v) is 12.8. The monoisotopic (exact) mass is 1040 g/mol. The number of hydrogen-bond acceptors (Lipinski definition) is 13. The molecule has 16 nitrogen and oxygen atoms in total. The van der Waals surface area contributed by atoms with Gasteiger partial charge in [0.05, 0.1) is 23.3 Å². The first-order valence-corrected chi connectivity index (χ1v) is 27.5. The molecule has 2 aromatic heterocycles. The van der Waals surface area contributed by atoms with E-state index in [0.717, 1.165) is 107 Å². The predicted octanol–water partition coefficient (Wildman–Crippen LogP) is 8.36. The Hall–Kier alpha value is -6.08. The summed E-state index contributed by atoms with van der Waals surface area (Å²) in [6.07, 6.45) is 12.5. The van der Waals surface area contributed by atoms with E-state index >= 15 is 4.39 Å². The van der Waals surface area contributed by atoms with Gasteiger partial charge in [-0.2, -0.15) is 9.97 Å². The first-order chi connectivity index (χ1) is 36.7. The summed E-state index contributed by atoms with van der Waals surface area (Å²) < 4.78 is 49.9. The molecule has 11 rings (SSSR count). The molecule has 0 unspecified atom stereocenters. The zero-order valence-electron chi connectivity index (χ0n) is 44.2. The number of ether oxygens (including phenoxy) is 3. The Labute approximate surface area is 443 Å². The molecule has 76 heavy (non-hydrogen) atoms. The molecule has 2 saturated carbocycles. The molecule has 1 atom stereocenters. The maximum atomic E-state index is 17.4. The molecule has 0 radical (unpaired) electrons. The number of methoxy groups -OCH3 is 1. The van der Waals surface area contributed by atoms with E-state index in [1.54, 1.807) is 13.3 Å². The standard InChI is InChI=1S/C58H71F2N9O7/c1-4-39-7-5-8-40-29-42(76-37-74-3)31-43(48(39)40)50-49(60)51-44(32-61-50)52(68-21-6-14-56(2,73)34-68)64-54(63-51)75-36-58(17-18-58)35-66-27-25-65(26-28-66)33-38-11-15-57(16-12-38)19-23-67(24-20-57)53(71)41-9-10-45(59)46(30-41)69-22-13-47(70)62-55(69)72/h5,7-10,29-32,38,73H,4,6,11-28,33-37H2,1-3H3,(H,62,70,72)/t56-/m1/s1. The van der Waals surface area contributed by atoms with Crippen molar-refractivity contribution >= 4 is 51.0 Å². The van der Waals surface area contributed by atoms with Crippen molar-refractivity contribution in [2.75, 3.05) is 102 Å². The van der Waals surface area contributed by atoms with Crippen LogP contribution in [0.2, 0.25) is 0 Å². The number of pyridine rings is 1. The van der Waals surface area contributed by atoms with Crippen molar-refractivity contribution < 1.29 is 42.5 Å². The van der Waals surface area contributed by atoms with Crippen LogP contribution in [-0.4, -0.2) is 151 Å². The van der Waals surface area contributed by atoms with Gasteiger partial charge in [-0.25, -0.2) is 13.6 Å². The van der Waals surface area contributed by atoms with Crippen molar-refractivity contribution in [2.24, 2.45) is 16.7 Å². The summed E-state index contributed by atoms with van der Waals surface area (Å²) in [5, 5.41) is 15.7. The van der Waals surface area contributed by atoms with Gasteiger partial charge in [-0.1, -0.05) is 25.1 Å². The van der Waals surface area contributed by atoms with Crippen LogP contribution < -0.4 is 24.6 Å². The van der Waals surface area contributed by atoms with E-state index in [1.165, 1.54) is 35.9 Å². The lowest BCUT2D eigenvalue weighted by Crippen LogP contribution is -2.50. The Morgan fingerprint density at radius 2 is 1.66 bits per heavy atom. The second kappa shape index (κ2) is 21.4. The van der Waals surface area contributed by atoms with Crippen LogP contribution in [0.4, 0.5) is 25.1 Å². The van der Waals surface area contributed by atoms with Gasteiger partial charge in [0.25, 0.3) is 5.91 Å². The number of aromatic nitrogens is 3. The number of halogens is 2. The number of amides is 4. The molecule has 3 aromatic carbocycles. The Morgan fingerprint density at radius 3 is 2.38 bits per heavy atom. The number of nitrogens with zero attached hydrogens (tertiary/aromatic N) is 8. The highest BCUT2D eigenvalue weighted by Gasteiger charge is 2.46. The third kappa shape index (κ3) is 10.9. The molecule has 4 saturated heterocycles. The van der Waals surface area contributed by atoms with Gasteiger partial charge in [-0.05, 0) is 136 Å². The second-order valence-electron chi connectivity index (χ2n) is 22.9. The van der Waals surface area contributed by atoms with Crippen molar-refractivity contribution in [3.05, 3.63) is 77.5 Å². The number of fused-ring (bicyclic) bond motifs is 2. The smallest absolute Gasteiger partial charge is 0.328 e. The number of nitrogens with one attached hydrogen (secondary N) is 1. The lowest BCUT2D eigenvalue weighted by atomic mass is 9.65. The summed E-state index contributed by atoms with van der Waals surface area (Å²) in [6, 6.07) is 13.4. The molecular formula is C58H71F2N9O7. The lowest BCUT2D eigenvalue weighted by molar-refractivity contribution is -0.120. The average molecular weight is 1040 g/mol. The highest BCUT2D eigenvalue weighted by Crippen LogP contribution is 2.49. The second-order valence-corrected chi connectivity index (χ2v) is 22.9. The number of carbonyl (C=O) groups is 3. The van der Waals surface area contributed by atoms with Crippen LogP contribution in [0.25, 0.3) is 32.9 Å². The minimum atomic E-state index is -0.935. The van der Waals surface area contributed by atoms with Gasteiger partial charge in [-0.3, -0.25) is 24.8 Å². The summed E-state index contributed by atoms with van der Waals surface area (Å²) in [7, 11) is 1.56. The molecule has 4 aliphatic heterocycles. The van der Waals surface area contributed by atoms with Crippen LogP contribution in [0.5, 0.6) is 11.8 Å². The minimum Gasteiger partial charge on any atom is -0.468 e. The Morgan fingerprint density at radius 1 is 0.882 bits per heavy atom. The van der Waals surface area contributed by atoms with Crippen LogP contribution in [0.15, 0.2) is 54.7 Å². The third-order valence-electron chi connectivity index (χ3n) is 17.5. The van der Waals surface area contributed by atoms with Crippen molar-refractivity contribution in [2.45, 2.75) is 96.5 Å². The number of rotatable bonds is 15. The Kier molecular flexibility index (Phi) is 14.6. The molecule has 6 heterocycles. The highest BCUT2D eigenvalue weighted by molar-refractivity contribution is 6.06. The van der Waals surface area contributed by atoms with Crippen molar-refractivity contribution in [3.8, 4) is 23.0 Å². The maximum Gasteiger partial charge on any atom is 0.328 e. The van der Waals surface area contributed by atoms with Gasteiger partial charge < -0.3 is 38.9 Å². The Balaban J connectivity index is 0.702. The van der Waals surface area contributed by atoms with E-state index in [2.05, 4.69) is 28.1 Å². The number of β-amino-alcohol motifs (C(OH)–C–C–N with tert-alkyl or cyclic N) is 1. The van der Waals surface area contributed by atoms with Crippen LogP contribution in [0, 0.1) is 28.4 Å². The van der Waals surface area contributed by atoms with Gasteiger partial charge in [0.15, 0.2) is 12.6 Å². The number of benzene rings is 3. The normalized spacial score (nSPS) is 22.4. The topological polar surface area (TPSA) is 166 Å². The van der Waals surface area contributed by atoms with Gasteiger partial charge in [0, 0.05) is 108 Å². The molecular weight excluding hydrogens is 973 g/mol. The van der Waals surface area contributed by atoms with Gasteiger partial charge >= 0.3 is 12.0 Å². The summed E-state index contributed by atoms with van der Waals surface area (Å²) in [5.41, 5.74) is 1.57. The third-order valence-corrected chi connectivity index (χ3v) is 17.5. The number of carbonyl (C=O) groups excluding carboxylic acids is 3. The van der Waals surface area contributed by atoms with Gasteiger partial charge in [0.1, 0.15) is 28.6 Å². The zero-order valence-corrected chi connectivity index (χ0v) is 44.2. The highest BCUT2D eigenvalue weighted by atomic mass is 19.1. The van der Waals surface area contributed by atoms with E-state index in [-0.39, 0.29) is 59.4 Å². The van der Waals surface area contributed by atoms with E-state index in [0.29, 0.717) is 73.2 Å². The number of piperazine rings is 1. The Bertz CT molecular complexity index is 3000. The van der Waals surface area contributed by atoms with Gasteiger partial charge in [-0.15, -0.1) is 0 Å². The molecule has 6 fully saturated rings. The number of urea groups is 1. The SMILES string of the molecule is CCc1cccc2cc(OCOC)cc(-c3ncc4c(N5CCC[C@@](C)(O)C5)nc(OCC5(CN6CCN(CC7CCC8(CC7)CCN(C(=O)c7ccc(F)c(N9CCC(=O)NC9=O)c7)CC8)CC6)CC5)nc4c3F)c12. The summed E-state index contributed by atoms with van der Waals surface area (Å²) in [5.74, 6) is -0.0439. The zero-order chi connectivity index (χ0) is 52.8. The van der Waals surface area contributed by atoms with Gasteiger partial charge in [0.2, 0.25) is 5.91 Å². The number of hydrogen-bond donors (Lipinski definition) is 2. The molecule has 2 N–H and O–H groups in total. The van der Waals surface area contributed by atoms with Crippen molar-refractivity contribution in [3.63, 3.8) is 0 Å². The van der Waals surface area contributed by atoms with Crippen LogP contribution in [0.3, 0.4) is 0 Å². The molecule has 1 spiro atoms. The van der Waals surface area contributed by atoms with Crippen LogP contribution in [0.1, 0.15) is 100 Å². The first kappa shape index (κ1) is 52.0. The summed E-state index contributed by atoms with van der Waals surface area (Å²) in [6.45, 7) is 12.8. The minimum absolute atomic E-state index is 0.00971. The molecule has 2 aliphatic carbocycles. The number of imide groups is 1. The maximum absolute atomic E-state index is 17.4. The predicted molar refractivity (Wildman–Crippen MR) is 286 cm³/mol. The lowest BCUT2D eigenvalue weighted by Gasteiger charge is -2.47. The summed E-state index contributed by atoms with van der Waals surface area (Å²) >= 11 is 0. The number of piperidine rings is 2. The molecule has 18 heteroatoms. The summed E-state index contributed by atoms with van der Waals surface area (Å²) in [4.78, 5) is 62.5. The van der Waals surface area contributed by atoms with Crippen LogP contribution in [-0.2, 0) is 16.0 Å². The van der Waals surface area contributed by atoms with Crippen molar-refractivity contribution in [1.82, 2.24) is 35.0 Å². The number of aryl methyl sites for hydroxylation is 1. The fraction of sp³-hybridized carbons (Fsp3) is 0.552. The van der Waals surface area contributed by atoms with Crippen molar-refractivity contribution in [1.29, 1.82) is 0 Å². The molecule has 0 bridgehead atoms. The molecule has 6 aliphatic rings. The van der Waals surface area contributed by atoms with E-state index in [9.17, 15) is 23.9 Å². The average Bonchev–Trinajstić information content (AvgIpc) is 4.22.